The lowest BCUT2D eigenvalue weighted by Crippen LogP contribution is -2.31. The van der Waals surface area contributed by atoms with Crippen LogP contribution in [0.5, 0.6) is 0 Å². The topological polar surface area (TPSA) is 38.3 Å². The van der Waals surface area contributed by atoms with Crippen LogP contribution >= 0.6 is 0 Å². The van der Waals surface area contributed by atoms with Gasteiger partial charge in [-0.05, 0) is 13.0 Å². The molecule has 1 N–H and O–H groups in total. The highest BCUT2D eigenvalue weighted by atomic mass is 16.5. The van der Waals surface area contributed by atoms with Crippen molar-refractivity contribution in [1.29, 1.82) is 0 Å². The summed E-state index contributed by atoms with van der Waals surface area (Å²) in [6, 6.07) is 0. The van der Waals surface area contributed by atoms with E-state index in [1.807, 2.05) is 0 Å². The molecule has 0 rings (SSSR count). The molecule has 50 valence electrons. The van der Waals surface area contributed by atoms with Gasteiger partial charge in [0.2, 0.25) is 0 Å². The lowest BCUT2D eigenvalue weighted by Gasteiger charge is -2.23. The van der Waals surface area contributed by atoms with Crippen molar-refractivity contribution in [2.24, 2.45) is 5.92 Å². The van der Waals surface area contributed by atoms with E-state index < -0.39 is 0 Å². The average Bonchev–Trinajstić information content (AvgIpc) is 1.61. The number of hydrogen-bond donors (Lipinski definition) is 1. The van der Waals surface area contributed by atoms with Crippen molar-refractivity contribution in [3.8, 4) is 0 Å². The van der Waals surface area contributed by atoms with Crippen molar-refractivity contribution in [2.75, 3.05) is 13.6 Å². The third-order valence-electron chi connectivity index (χ3n) is 0.722. The van der Waals surface area contributed by atoms with E-state index >= 15 is 0 Å². The zero-order valence-corrected chi connectivity index (χ0v) is 5.64. The molecule has 0 fully saturated rings. The molecule has 0 saturated heterocycles. The zero-order chi connectivity index (χ0) is 6.57. The largest absolute Gasteiger partial charge is 0.772 e. The van der Waals surface area contributed by atoms with Crippen LogP contribution < -0.4 is 5.43 Å². The molecular formula is C5H13N2O-. The van der Waals surface area contributed by atoms with Crippen molar-refractivity contribution in [2.45, 2.75) is 13.8 Å². The lowest BCUT2D eigenvalue weighted by atomic mass is 10.2. The van der Waals surface area contributed by atoms with Gasteiger partial charge in [0.25, 0.3) is 0 Å². The molecule has 0 aromatic heterocycles. The summed E-state index contributed by atoms with van der Waals surface area (Å²) in [6.07, 6.45) is 0. The third kappa shape index (κ3) is 5.88. The highest BCUT2D eigenvalue weighted by Gasteiger charge is 1.88. The predicted molar refractivity (Wildman–Crippen MR) is 34.0 cm³/mol. The van der Waals surface area contributed by atoms with Gasteiger partial charge in [0.15, 0.2) is 0 Å². The first-order valence-electron chi connectivity index (χ1n) is 2.77. The number of nitrogens with zero attached hydrogens (tertiary/aromatic N) is 1. The smallest absolute Gasteiger partial charge is 0.0115 e. The monoisotopic (exact) mass is 117 g/mol. The van der Waals surface area contributed by atoms with E-state index in [1.165, 1.54) is 7.05 Å². The second kappa shape index (κ2) is 3.83. The Balaban J connectivity index is 2.93. The second-order valence-electron chi connectivity index (χ2n) is 2.25. The van der Waals surface area contributed by atoms with Crippen LogP contribution in [0.3, 0.4) is 0 Å². The van der Waals surface area contributed by atoms with Gasteiger partial charge in [-0.3, -0.25) is 5.43 Å². The molecule has 0 heterocycles. The predicted octanol–water partition coefficient (Wildman–Crippen LogP) is 0.577. The van der Waals surface area contributed by atoms with Gasteiger partial charge in [-0.2, -0.15) is 0 Å². The summed E-state index contributed by atoms with van der Waals surface area (Å²) in [5, 5.41) is 10.9. The molecule has 0 saturated carbocycles. The standard InChI is InChI=1S/C5H13N2O/c1-5(2)4-6-7(3)8/h5-6H,4H2,1-3H3/q-1. The Morgan fingerprint density at radius 2 is 2.12 bits per heavy atom. The first-order valence-corrected chi connectivity index (χ1v) is 2.77. The molecule has 0 spiro atoms. The molecule has 0 aliphatic rings. The summed E-state index contributed by atoms with van der Waals surface area (Å²) in [6.45, 7) is 4.85. The summed E-state index contributed by atoms with van der Waals surface area (Å²) in [5.74, 6) is 0.534. The molecule has 0 aliphatic carbocycles. The Morgan fingerprint density at radius 3 is 2.25 bits per heavy atom. The number of rotatable bonds is 3. The number of hydrogen-bond acceptors (Lipinski definition) is 3. The van der Waals surface area contributed by atoms with E-state index in [1.54, 1.807) is 0 Å². The van der Waals surface area contributed by atoms with Gasteiger partial charge in [0.05, 0.1) is 0 Å². The summed E-state index contributed by atoms with van der Waals surface area (Å²) >= 11 is 0. The van der Waals surface area contributed by atoms with Gasteiger partial charge in [0.1, 0.15) is 0 Å². The summed E-state index contributed by atoms with van der Waals surface area (Å²) in [7, 11) is 1.45. The van der Waals surface area contributed by atoms with Gasteiger partial charge in [0, 0.05) is 6.54 Å². The van der Waals surface area contributed by atoms with Gasteiger partial charge in [-0.1, -0.05) is 13.8 Å². The molecule has 0 atom stereocenters. The molecule has 3 heteroatoms. The highest BCUT2D eigenvalue weighted by Crippen LogP contribution is 1.86. The van der Waals surface area contributed by atoms with Crippen LogP contribution in [0.15, 0.2) is 0 Å². The zero-order valence-electron chi connectivity index (χ0n) is 5.64. The molecule has 0 amide bonds. The van der Waals surface area contributed by atoms with Gasteiger partial charge in [-0.25, -0.2) is 0 Å². The number of hydroxylamine groups is 1. The van der Waals surface area contributed by atoms with Crippen molar-refractivity contribution >= 4 is 0 Å². The normalized spacial score (nSPS) is 11.2. The van der Waals surface area contributed by atoms with Crippen LogP contribution in [-0.4, -0.2) is 18.8 Å². The molecular weight excluding hydrogens is 104 g/mol. The van der Waals surface area contributed by atoms with E-state index in [2.05, 4.69) is 19.3 Å². The van der Waals surface area contributed by atoms with Gasteiger partial charge < -0.3 is 10.4 Å². The maximum atomic E-state index is 10.2. The second-order valence-corrected chi connectivity index (χ2v) is 2.25. The molecule has 0 aliphatic heterocycles. The first-order chi connectivity index (χ1) is 3.63. The van der Waals surface area contributed by atoms with Gasteiger partial charge in [-0.15, -0.1) is 0 Å². The minimum Gasteiger partial charge on any atom is -0.772 e. The SMILES string of the molecule is CC(C)CNN(C)[O-]. The Bertz CT molecular complexity index is 46.4. The molecule has 0 radical (unpaired) electrons. The van der Waals surface area contributed by atoms with Crippen LogP contribution in [0, 0.1) is 11.1 Å². The van der Waals surface area contributed by atoms with Crippen LogP contribution in [-0.2, 0) is 0 Å². The summed E-state index contributed by atoms with van der Waals surface area (Å²) in [5.41, 5.74) is 2.62. The van der Waals surface area contributed by atoms with E-state index in [9.17, 15) is 5.21 Å². The fourth-order valence-electron chi connectivity index (χ4n) is 0.311. The van der Waals surface area contributed by atoms with Crippen molar-refractivity contribution in [3.05, 3.63) is 5.21 Å². The fraction of sp³-hybridized carbons (Fsp3) is 1.00. The van der Waals surface area contributed by atoms with Gasteiger partial charge >= 0.3 is 0 Å². The maximum absolute atomic E-state index is 10.2. The van der Waals surface area contributed by atoms with Crippen LogP contribution in [0.1, 0.15) is 13.8 Å². The minimum absolute atomic E-state index is 0.534. The Morgan fingerprint density at radius 1 is 1.62 bits per heavy atom. The summed E-state index contributed by atoms with van der Waals surface area (Å²) < 4.78 is 0. The molecule has 0 aromatic rings. The molecule has 0 unspecified atom stereocenters. The molecule has 8 heavy (non-hydrogen) atoms. The summed E-state index contributed by atoms with van der Waals surface area (Å²) in [4.78, 5) is 0. The molecule has 3 nitrogen and oxygen atoms in total. The fourth-order valence-corrected chi connectivity index (χ4v) is 0.311. The number of hydrazine groups is 1. The Hall–Kier alpha value is -0.120. The van der Waals surface area contributed by atoms with Crippen molar-refractivity contribution in [1.82, 2.24) is 10.6 Å². The van der Waals surface area contributed by atoms with Crippen LogP contribution in [0.2, 0.25) is 0 Å². The van der Waals surface area contributed by atoms with E-state index in [0.29, 0.717) is 5.92 Å². The van der Waals surface area contributed by atoms with E-state index in [0.717, 1.165) is 11.7 Å². The Kier molecular flexibility index (Phi) is 3.77. The maximum Gasteiger partial charge on any atom is 0.0115 e. The van der Waals surface area contributed by atoms with E-state index in [4.69, 9.17) is 0 Å². The number of nitrogens with one attached hydrogen (secondary N) is 1. The van der Waals surface area contributed by atoms with Crippen molar-refractivity contribution in [3.63, 3.8) is 0 Å². The van der Waals surface area contributed by atoms with Crippen LogP contribution in [0.25, 0.3) is 0 Å². The van der Waals surface area contributed by atoms with Crippen LogP contribution in [0.4, 0.5) is 0 Å². The highest BCUT2D eigenvalue weighted by molar-refractivity contribution is 4.47. The van der Waals surface area contributed by atoms with Crippen molar-refractivity contribution < 1.29 is 0 Å². The third-order valence-corrected chi connectivity index (χ3v) is 0.722. The first kappa shape index (κ1) is 7.88. The minimum atomic E-state index is 0.534. The van der Waals surface area contributed by atoms with E-state index in [-0.39, 0.29) is 0 Å². The lowest BCUT2D eigenvalue weighted by molar-refractivity contribution is 0.306. The Labute approximate surface area is 50.2 Å². The molecule has 0 aromatic carbocycles. The quantitative estimate of drug-likeness (QED) is 0.549. The average molecular weight is 117 g/mol. The molecule has 0 bridgehead atoms.